The van der Waals surface area contributed by atoms with Crippen LogP contribution in [-0.4, -0.2) is 57.9 Å². The van der Waals surface area contributed by atoms with Crippen LogP contribution in [0.1, 0.15) is 61.9 Å². The summed E-state index contributed by atoms with van der Waals surface area (Å²) in [6.07, 6.45) is 3.39. The molecule has 28 heavy (non-hydrogen) atoms. The topological polar surface area (TPSA) is 70.2 Å². The van der Waals surface area contributed by atoms with E-state index in [0.29, 0.717) is 30.9 Å². The summed E-state index contributed by atoms with van der Waals surface area (Å²) in [5.74, 6) is -0.165. The third kappa shape index (κ3) is 3.28. The van der Waals surface area contributed by atoms with Gasteiger partial charge in [0.05, 0.1) is 6.54 Å². The van der Waals surface area contributed by atoms with Crippen LogP contribution in [-0.2, 0) is 16.1 Å². The smallest absolute Gasteiger partial charge is 0.273 e. The number of benzene rings is 1. The van der Waals surface area contributed by atoms with Crippen LogP contribution in [0.4, 0.5) is 0 Å². The molecule has 3 aliphatic rings. The van der Waals surface area contributed by atoms with Crippen molar-refractivity contribution >= 4 is 17.7 Å². The Balaban J connectivity index is 1.51. The normalized spacial score (nSPS) is 26.0. The molecular formula is C21H27N3O4. The highest BCUT2D eigenvalue weighted by molar-refractivity contribution is 6.04. The lowest BCUT2D eigenvalue weighted by atomic mass is 10.00. The number of hydrazine groups is 1. The number of likely N-dealkylation sites (tertiary alicyclic amines) is 1. The second-order valence-corrected chi connectivity index (χ2v) is 7.80. The van der Waals surface area contributed by atoms with Crippen molar-refractivity contribution in [2.75, 3.05) is 13.1 Å². The molecule has 150 valence electrons. The average molecular weight is 385 g/mol. The van der Waals surface area contributed by atoms with Crippen molar-refractivity contribution < 1.29 is 19.1 Å². The lowest BCUT2D eigenvalue weighted by molar-refractivity contribution is -0.163. The van der Waals surface area contributed by atoms with Gasteiger partial charge >= 0.3 is 0 Å². The minimum Gasteiger partial charge on any atom is -0.489 e. The zero-order valence-corrected chi connectivity index (χ0v) is 16.5. The standard InChI is InChI=1S/C21H27N3O4/c1-3-22-11-5-6-18(14(22)2)28-16-9-10-17-15(12-16)13-23(21(17)27)24-19(25)7-4-8-20(24)26/h9-10,12,14,18H,3-8,11,13H2,1-2H3/t14-,18-/m1/s1. The fraction of sp³-hybridized carbons (Fsp3) is 0.571. The molecule has 3 heterocycles. The lowest BCUT2D eigenvalue weighted by Gasteiger charge is -2.38. The van der Waals surface area contributed by atoms with Crippen molar-refractivity contribution in [2.24, 2.45) is 0 Å². The van der Waals surface area contributed by atoms with Gasteiger partial charge in [-0.2, -0.15) is 5.01 Å². The first-order valence-corrected chi connectivity index (χ1v) is 10.2. The molecule has 0 aliphatic carbocycles. The summed E-state index contributed by atoms with van der Waals surface area (Å²) in [6.45, 7) is 6.69. The van der Waals surface area contributed by atoms with E-state index in [4.69, 9.17) is 4.74 Å². The third-order valence-electron chi connectivity index (χ3n) is 6.10. The zero-order chi connectivity index (χ0) is 19.8. The van der Waals surface area contributed by atoms with E-state index in [9.17, 15) is 14.4 Å². The highest BCUT2D eigenvalue weighted by Crippen LogP contribution is 2.31. The first kappa shape index (κ1) is 18.9. The highest BCUT2D eigenvalue weighted by Gasteiger charge is 2.39. The Labute approximate surface area is 165 Å². The van der Waals surface area contributed by atoms with Gasteiger partial charge in [0.1, 0.15) is 11.9 Å². The largest absolute Gasteiger partial charge is 0.489 e. The van der Waals surface area contributed by atoms with Crippen LogP contribution in [0.25, 0.3) is 0 Å². The summed E-state index contributed by atoms with van der Waals surface area (Å²) < 4.78 is 6.26. The van der Waals surface area contributed by atoms with Crippen LogP contribution in [0, 0.1) is 0 Å². The zero-order valence-electron chi connectivity index (χ0n) is 16.5. The van der Waals surface area contributed by atoms with Gasteiger partial charge in [-0.1, -0.05) is 6.92 Å². The molecule has 1 aromatic carbocycles. The van der Waals surface area contributed by atoms with Crippen molar-refractivity contribution in [3.8, 4) is 5.75 Å². The predicted octanol–water partition coefficient (Wildman–Crippen LogP) is 2.35. The average Bonchev–Trinajstić information content (AvgIpc) is 2.99. The number of imide groups is 1. The Hall–Kier alpha value is -2.41. The van der Waals surface area contributed by atoms with Gasteiger partial charge in [-0.15, -0.1) is 0 Å². The molecule has 7 nitrogen and oxygen atoms in total. The van der Waals surface area contributed by atoms with Crippen LogP contribution < -0.4 is 4.74 Å². The summed E-state index contributed by atoms with van der Waals surface area (Å²) in [6, 6.07) is 5.78. The van der Waals surface area contributed by atoms with Gasteiger partial charge in [0.15, 0.2) is 0 Å². The van der Waals surface area contributed by atoms with Crippen molar-refractivity contribution in [3.05, 3.63) is 29.3 Å². The maximum absolute atomic E-state index is 12.8. The second-order valence-electron chi connectivity index (χ2n) is 7.80. The van der Waals surface area contributed by atoms with Crippen LogP contribution in [0.15, 0.2) is 18.2 Å². The summed E-state index contributed by atoms with van der Waals surface area (Å²) in [7, 11) is 0. The lowest BCUT2D eigenvalue weighted by Crippen LogP contribution is -2.51. The Morgan fingerprint density at radius 2 is 1.86 bits per heavy atom. The molecule has 3 amide bonds. The van der Waals surface area contributed by atoms with Gasteiger partial charge in [-0.05, 0) is 63.0 Å². The van der Waals surface area contributed by atoms with E-state index in [1.165, 1.54) is 5.01 Å². The van der Waals surface area contributed by atoms with Gasteiger partial charge in [0.2, 0.25) is 11.8 Å². The van der Waals surface area contributed by atoms with Crippen molar-refractivity contribution in [3.63, 3.8) is 0 Å². The number of carbonyl (C=O) groups excluding carboxylic acids is 3. The quantitative estimate of drug-likeness (QED) is 0.744. The minimum absolute atomic E-state index is 0.116. The van der Waals surface area contributed by atoms with Gasteiger partial charge in [-0.3, -0.25) is 19.3 Å². The van der Waals surface area contributed by atoms with E-state index in [2.05, 4.69) is 18.7 Å². The molecule has 2 fully saturated rings. The predicted molar refractivity (Wildman–Crippen MR) is 102 cm³/mol. The third-order valence-corrected chi connectivity index (χ3v) is 6.10. The highest BCUT2D eigenvalue weighted by atomic mass is 16.5. The molecule has 0 saturated carbocycles. The number of hydrogen-bond acceptors (Lipinski definition) is 5. The number of rotatable bonds is 4. The number of piperidine rings is 2. The molecule has 0 N–H and O–H groups in total. The number of ether oxygens (including phenoxy) is 1. The Kier molecular flexibility index (Phi) is 5.10. The van der Waals surface area contributed by atoms with E-state index < -0.39 is 0 Å². The van der Waals surface area contributed by atoms with Crippen LogP contribution in [0.5, 0.6) is 5.75 Å². The number of carbonyl (C=O) groups is 3. The van der Waals surface area contributed by atoms with E-state index in [0.717, 1.165) is 42.3 Å². The molecule has 2 atom stereocenters. The van der Waals surface area contributed by atoms with Crippen molar-refractivity contribution in [2.45, 2.75) is 64.6 Å². The van der Waals surface area contributed by atoms with Crippen molar-refractivity contribution in [1.29, 1.82) is 0 Å². The Morgan fingerprint density at radius 3 is 2.57 bits per heavy atom. The van der Waals surface area contributed by atoms with Crippen LogP contribution in [0.3, 0.4) is 0 Å². The molecule has 0 aromatic heterocycles. The van der Waals surface area contributed by atoms with Gasteiger partial charge < -0.3 is 4.74 Å². The molecule has 7 heteroatoms. The maximum Gasteiger partial charge on any atom is 0.273 e. The molecule has 0 spiro atoms. The Bertz CT molecular complexity index is 793. The fourth-order valence-corrected chi connectivity index (χ4v) is 4.48. The Morgan fingerprint density at radius 1 is 1.11 bits per heavy atom. The first-order chi connectivity index (χ1) is 13.5. The van der Waals surface area contributed by atoms with Crippen LogP contribution >= 0.6 is 0 Å². The molecular weight excluding hydrogens is 358 g/mol. The van der Waals surface area contributed by atoms with E-state index in [-0.39, 0.29) is 30.4 Å². The number of hydrogen-bond donors (Lipinski definition) is 0. The van der Waals surface area contributed by atoms with Gasteiger partial charge in [0.25, 0.3) is 5.91 Å². The maximum atomic E-state index is 12.8. The van der Waals surface area contributed by atoms with Crippen molar-refractivity contribution in [1.82, 2.24) is 14.9 Å². The number of amides is 3. The fourth-order valence-electron chi connectivity index (χ4n) is 4.48. The van der Waals surface area contributed by atoms with Gasteiger partial charge in [-0.25, -0.2) is 5.01 Å². The molecule has 1 aromatic rings. The molecule has 0 bridgehead atoms. The summed E-state index contributed by atoms with van der Waals surface area (Å²) in [5, 5.41) is 2.31. The van der Waals surface area contributed by atoms with Crippen LogP contribution in [0.2, 0.25) is 0 Å². The first-order valence-electron chi connectivity index (χ1n) is 10.2. The van der Waals surface area contributed by atoms with E-state index >= 15 is 0 Å². The number of nitrogens with zero attached hydrogens (tertiary/aromatic N) is 3. The summed E-state index contributed by atoms with van der Waals surface area (Å²) >= 11 is 0. The molecule has 2 saturated heterocycles. The number of fused-ring (bicyclic) bond motifs is 1. The summed E-state index contributed by atoms with van der Waals surface area (Å²) in [4.78, 5) is 39.6. The van der Waals surface area contributed by atoms with E-state index in [1.54, 1.807) is 6.07 Å². The minimum atomic E-state index is -0.301. The number of likely N-dealkylation sites (N-methyl/N-ethyl adjacent to an activating group) is 1. The second kappa shape index (κ2) is 7.54. The summed E-state index contributed by atoms with van der Waals surface area (Å²) in [5.41, 5.74) is 1.33. The molecule has 4 rings (SSSR count). The SMILES string of the molecule is CCN1CCC[C@@H](Oc2ccc3c(c2)CN(N2C(=O)CCCC2=O)C3=O)[C@H]1C. The molecule has 0 radical (unpaired) electrons. The monoisotopic (exact) mass is 385 g/mol. The van der Waals surface area contributed by atoms with E-state index in [1.807, 2.05) is 12.1 Å². The van der Waals surface area contributed by atoms with Gasteiger partial charge in [0, 0.05) is 24.4 Å². The molecule has 0 unspecified atom stereocenters. The molecule has 3 aliphatic heterocycles.